The van der Waals surface area contributed by atoms with Gasteiger partial charge in [0.05, 0.1) is 16.4 Å². The van der Waals surface area contributed by atoms with Crippen LogP contribution in [-0.4, -0.2) is 14.6 Å². The van der Waals surface area contributed by atoms with Crippen LogP contribution in [0.4, 0.5) is 5.82 Å². The topological polar surface area (TPSA) is 56.2 Å². The first-order valence-corrected chi connectivity index (χ1v) is 6.22. The molecule has 1 aliphatic rings. The summed E-state index contributed by atoms with van der Waals surface area (Å²) in [4.78, 5) is 4.57. The predicted molar refractivity (Wildman–Crippen MR) is 71.5 cm³/mol. The zero-order valence-corrected chi connectivity index (χ0v) is 10.7. The van der Waals surface area contributed by atoms with E-state index in [2.05, 4.69) is 44.2 Å². The van der Waals surface area contributed by atoms with E-state index in [0.29, 0.717) is 5.82 Å². The largest absolute Gasteiger partial charge is 0.384 e. The standard InChI is InChI=1S/C12H11BrN4/c13-9-7-15-17-11(14)6-10(16-12(9)17)8-4-2-1-3-5-8/h2,4-7H,1,3,14H2. The number of nitrogen functional groups attached to an aromatic ring is 1. The van der Waals surface area contributed by atoms with Crippen molar-refractivity contribution in [3.8, 4) is 0 Å². The van der Waals surface area contributed by atoms with Crippen LogP contribution in [-0.2, 0) is 0 Å². The zero-order valence-electron chi connectivity index (χ0n) is 9.10. The van der Waals surface area contributed by atoms with Gasteiger partial charge in [-0.2, -0.15) is 9.61 Å². The number of halogens is 1. The molecule has 0 saturated carbocycles. The van der Waals surface area contributed by atoms with E-state index in [1.807, 2.05) is 6.07 Å². The number of rotatable bonds is 1. The van der Waals surface area contributed by atoms with Crippen LogP contribution >= 0.6 is 15.9 Å². The molecule has 17 heavy (non-hydrogen) atoms. The maximum absolute atomic E-state index is 5.97. The molecule has 2 aromatic heterocycles. The maximum Gasteiger partial charge on any atom is 0.172 e. The van der Waals surface area contributed by atoms with Gasteiger partial charge in [-0.25, -0.2) is 4.98 Å². The van der Waals surface area contributed by atoms with Crippen LogP contribution in [0.2, 0.25) is 0 Å². The van der Waals surface area contributed by atoms with Crippen LogP contribution in [0.5, 0.6) is 0 Å². The van der Waals surface area contributed by atoms with Gasteiger partial charge in [-0.3, -0.25) is 0 Å². The summed E-state index contributed by atoms with van der Waals surface area (Å²) in [7, 11) is 0. The lowest BCUT2D eigenvalue weighted by Gasteiger charge is -2.08. The van der Waals surface area contributed by atoms with Gasteiger partial charge in [0.15, 0.2) is 5.65 Å². The molecule has 0 atom stereocenters. The summed E-state index contributed by atoms with van der Waals surface area (Å²) in [6, 6.07) is 1.86. The van der Waals surface area contributed by atoms with Gasteiger partial charge < -0.3 is 5.73 Å². The number of aromatic nitrogens is 3. The molecule has 0 unspecified atom stereocenters. The third-order valence-corrected chi connectivity index (χ3v) is 3.31. The van der Waals surface area contributed by atoms with Crippen LogP contribution < -0.4 is 5.73 Å². The maximum atomic E-state index is 5.97. The second-order valence-electron chi connectivity index (χ2n) is 3.93. The summed E-state index contributed by atoms with van der Waals surface area (Å²) >= 11 is 3.42. The predicted octanol–water partition coefficient (Wildman–Crippen LogP) is 2.81. The molecule has 1 aliphatic carbocycles. The molecule has 0 aliphatic heterocycles. The van der Waals surface area contributed by atoms with Gasteiger partial charge >= 0.3 is 0 Å². The monoisotopic (exact) mass is 290 g/mol. The van der Waals surface area contributed by atoms with Crippen molar-refractivity contribution >= 4 is 33.0 Å². The van der Waals surface area contributed by atoms with Gasteiger partial charge in [0.1, 0.15) is 5.82 Å². The quantitative estimate of drug-likeness (QED) is 0.879. The van der Waals surface area contributed by atoms with Crippen LogP contribution in [0, 0.1) is 0 Å². The van der Waals surface area contributed by atoms with Crippen molar-refractivity contribution in [2.45, 2.75) is 12.8 Å². The number of nitrogens with two attached hydrogens (primary N) is 1. The van der Waals surface area contributed by atoms with Gasteiger partial charge in [-0.05, 0) is 34.3 Å². The molecule has 2 aromatic rings. The summed E-state index contributed by atoms with van der Waals surface area (Å²) < 4.78 is 2.48. The van der Waals surface area contributed by atoms with Gasteiger partial charge in [0.25, 0.3) is 0 Å². The lowest BCUT2D eigenvalue weighted by atomic mass is 10.0. The molecule has 4 nitrogen and oxygen atoms in total. The van der Waals surface area contributed by atoms with Gasteiger partial charge in [-0.15, -0.1) is 0 Å². The van der Waals surface area contributed by atoms with Crippen molar-refractivity contribution in [3.63, 3.8) is 0 Å². The smallest absolute Gasteiger partial charge is 0.172 e. The molecule has 5 heteroatoms. The van der Waals surface area contributed by atoms with Gasteiger partial charge in [0.2, 0.25) is 0 Å². The first kappa shape index (κ1) is 10.5. The first-order valence-electron chi connectivity index (χ1n) is 5.42. The van der Waals surface area contributed by atoms with Crippen molar-refractivity contribution in [1.29, 1.82) is 0 Å². The van der Waals surface area contributed by atoms with E-state index in [1.165, 1.54) is 0 Å². The average molecular weight is 291 g/mol. The van der Waals surface area contributed by atoms with E-state index in [1.54, 1.807) is 10.7 Å². The highest BCUT2D eigenvalue weighted by Gasteiger charge is 2.10. The van der Waals surface area contributed by atoms with Crippen molar-refractivity contribution in [3.05, 3.63) is 40.7 Å². The third-order valence-electron chi connectivity index (χ3n) is 2.75. The fourth-order valence-electron chi connectivity index (χ4n) is 1.91. The molecule has 0 bridgehead atoms. The summed E-state index contributed by atoms with van der Waals surface area (Å²) in [5.41, 5.74) is 8.73. The van der Waals surface area contributed by atoms with E-state index in [-0.39, 0.29) is 0 Å². The van der Waals surface area contributed by atoms with Crippen LogP contribution in [0.25, 0.3) is 11.2 Å². The highest BCUT2D eigenvalue weighted by atomic mass is 79.9. The number of anilines is 1. The molecule has 0 aromatic carbocycles. The van der Waals surface area contributed by atoms with Crippen molar-refractivity contribution in [1.82, 2.24) is 14.6 Å². The number of hydrogen-bond donors (Lipinski definition) is 1. The molecule has 0 radical (unpaired) electrons. The number of allylic oxidation sites excluding steroid dienone is 4. The Hall–Kier alpha value is -1.62. The lowest BCUT2D eigenvalue weighted by molar-refractivity contribution is 0.947. The molecule has 0 fully saturated rings. The van der Waals surface area contributed by atoms with Crippen molar-refractivity contribution in [2.75, 3.05) is 5.73 Å². The third kappa shape index (κ3) is 1.76. The average Bonchev–Trinajstić information content (AvgIpc) is 2.73. The Kier molecular flexibility index (Phi) is 2.48. The Morgan fingerprint density at radius 1 is 1.35 bits per heavy atom. The van der Waals surface area contributed by atoms with Gasteiger partial charge in [-0.1, -0.05) is 18.2 Å². The summed E-state index contributed by atoms with van der Waals surface area (Å²) in [6.07, 6.45) is 10.3. The van der Waals surface area contributed by atoms with Crippen LogP contribution in [0.3, 0.4) is 0 Å². The molecular weight excluding hydrogens is 280 g/mol. The molecular formula is C12H11BrN4. The Balaban J connectivity index is 2.20. The summed E-state index contributed by atoms with van der Waals surface area (Å²) in [5.74, 6) is 0.593. The Labute approximate surface area is 107 Å². The molecule has 2 heterocycles. The minimum Gasteiger partial charge on any atom is -0.384 e. The van der Waals surface area contributed by atoms with E-state index in [0.717, 1.165) is 34.2 Å². The Morgan fingerprint density at radius 3 is 3.00 bits per heavy atom. The number of nitrogens with zero attached hydrogens (tertiary/aromatic N) is 3. The second-order valence-corrected chi connectivity index (χ2v) is 4.79. The molecule has 0 amide bonds. The van der Waals surface area contributed by atoms with E-state index < -0.39 is 0 Å². The minimum atomic E-state index is 0.593. The Morgan fingerprint density at radius 2 is 2.24 bits per heavy atom. The number of fused-ring (bicyclic) bond motifs is 1. The summed E-state index contributed by atoms with van der Waals surface area (Å²) in [5, 5.41) is 4.15. The fourth-order valence-corrected chi connectivity index (χ4v) is 2.26. The molecule has 86 valence electrons. The Bertz CT molecular complexity index is 639. The van der Waals surface area contributed by atoms with Gasteiger partial charge in [0, 0.05) is 6.07 Å². The lowest BCUT2D eigenvalue weighted by Crippen LogP contribution is -2.02. The van der Waals surface area contributed by atoms with E-state index >= 15 is 0 Å². The molecule has 3 rings (SSSR count). The van der Waals surface area contributed by atoms with Crippen molar-refractivity contribution < 1.29 is 0 Å². The minimum absolute atomic E-state index is 0.593. The number of hydrogen-bond acceptors (Lipinski definition) is 3. The fraction of sp³-hybridized carbons (Fsp3) is 0.167. The van der Waals surface area contributed by atoms with Crippen molar-refractivity contribution in [2.24, 2.45) is 0 Å². The van der Waals surface area contributed by atoms with E-state index in [9.17, 15) is 0 Å². The zero-order chi connectivity index (χ0) is 11.8. The molecule has 2 N–H and O–H groups in total. The second kappa shape index (κ2) is 4.00. The van der Waals surface area contributed by atoms with Crippen LogP contribution in [0.1, 0.15) is 18.5 Å². The summed E-state index contributed by atoms with van der Waals surface area (Å²) in [6.45, 7) is 0. The highest BCUT2D eigenvalue weighted by molar-refractivity contribution is 9.10. The van der Waals surface area contributed by atoms with E-state index in [4.69, 9.17) is 5.73 Å². The highest BCUT2D eigenvalue weighted by Crippen LogP contribution is 2.24. The molecule has 0 spiro atoms. The molecule has 0 saturated heterocycles. The normalized spacial score (nSPS) is 15.2. The SMILES string of the molecule is Nc1cc(C2=CCCC=C2)nc2c(Br)cnn12. The van der Waals surface area contributed by atoms with Crippen LogP contribution in [0.15, 0.2) is 35.0 Å². The first-order chi connectivity index (χ1) is 8.25.